The van der Waals surface area contributed by atoms with Gasteiger partial charge in [0.25, 0.3) is 5.91 Å². The van der Waals surface area contributed by atoms with E-state index in [0.29, 0.717) is 24.5 Å². The van der Waals surface area contributed by atoms with E-state index in [2.05, 4.69) is 10.3 Å². The molecule has 4 N–H and O–H groups in total. The number of aliphatic hydroxyl groups excluding tert-OH is 1. The Morgan fingerprint density at radius 1 is 1.05 bits per heavy atom. The third-order valence-corrected chi connectivity index (χ3v) is 8.72. The van der Waals surface area contributed by atoms with Gasteiger partial charge >= 0.3 is 13.7 Å². The summed E-state index contributed by atoms with van der Waals surface area (Å²) in [5.41, 5.74) is 1.93. The number of hydrogen-bond acceptors (Lipinski definition) is 8. The molecule has 1 aromatic heterocycles. The zero-order valence-electron chi connectivity index (χ0n) is 25.0. The highest BCUT2D eigenvalue weighted by Gasteiger charge is 2.35. The molecule has 240 valence electrons. The highest BCUT2D eigenvalue weighted by atomic mass is 31.2. The van der Waals surface area contributed by atoms with Crippen molar-refractivity contribution in [3.8, 4) is 11.3 Å². The molecule has 14 heteroatoms. The second-order valence-electron chi connectivity index (χ2n) is 11.1. The second kappa shape index (κ2) is 15.5. The smallest absolute Gasteiger partial charge is 0.409 e. The Hall–Kier alpha value is -3.51. The molecule has 3 heterocycles. The number of anilines is 1. The lowest BCUT2D eigenvalue weighted by Gasteiger charge is -2.37. The number of benzene rings is 1. The Morgan fingerprint density at radius 2 is 1.75 bits per heavy atom. The first kappa shape index (κ1) is 33.4. The molecule has 44 heavy (non-hydrogen) atoms. The number of nitrogens with one attached hydrogen (secondary N) is 1. The van der Waals surface area contributed by atoms with E-state index in [0.717, 1.165) is 37.7 Å². The number of aliphatic hydroxyl groups is 1. The van der Waals surface area contributed by atoms with Crippen LogP contribution in [0.1, 0.15) is 49.5 Å². The van der Waals surface area contributed by atoms with Gasteiger partial charge in [0.2, 0.25) is 5.91 Å². The van der Waals surface area contributed by atoms with Gasteiger partial charge in [0.1, 0.15) is 11.7 Å². The van der Waals surface area contributed by atoms with E-state index in [1.807, 2.05) is 48.2 Å². The van der Waals surface area contributed by atoms with Gasteiger partial charge < -0.3 is 39.6 Å². The number of pyridine rings is 1. The molecule has 2 aromatic rings. The van der Waals surface area contributed by atoms with E-state index >= 15 is 0 Å². The third-order valence-electron chi connectivity index (χ3n) is 7.88. The standard InChI is InChI=1S/C30H42N5O8P/c1-2-3-17-43-30(39)34-15-13-33(14-16-34)29(38)27(21-44(40,41)42)32-28(37)26-19-24(35-12-8-7-11-23(35)20-36)18-25(31-26)22-9-5-4-6-10-22/h4-6,9-10,18-19,23,27,36H,2-3,7-8,11-17,20-21H2,1H3,(H,32,37)(H2,40,41,42)/t23?,27-/m0/s1. The Balaban J connectivity index is 1.55. The Kier molecular flexibility index (Phi) is 11.7. The monoisotopic (exact) mass is 631 g/mol. The van der Waals surface area contributed by atoms with Crippen LogP contribution < -0.4 is 10.2 Å². The van der Waals surface area contributed by atoms with E-state index in [-0.39, 0.29) is 44.5 Å². The largest absolute Gasteiger partial charge is 0.449 e. The lowest BCUT2D eigenvalue weighted by Crippen LogP contribution is -2.56. The molecule has 2 saturated heterocycles. The molecular weight excluding hydrogens is 589 g/mol. The van der Waals surface area contributed by atoms with E-state index in [1.165, 1.54) is 9.80 Å². The van der Waals surface area contributed by atoms with Crippen molar-refractivity contribution in [1.82, 2.24) is 20.1 Å². The summed E-state index contributed by atoms with van der Waals surface area (Å²) in [5, 5.41) is 12.5. The van der Waals surface area contributed by atoms with Crippen LogP contribution in [0.3, 0.4) is 0 Å². The van der Waals surface area contributed by atoms with Crippen LogP contribution in [0.15, 0.2) is 42.5 Å². The number of nitrogens with zero attached hydrogens (tertiary/aromatic N) is 4. The van der Waals surface area contributed by atoms with E-state index in [4.69, 9.17) is 4.74 Å². The number of amides is 3. The molecule has 2 aliphatic rings. The molecule has 1 unspecified atom stereocenters. The molecule has 1 aromatic carbocycles. The zero-order chi connectivity index (χ0) is 31.7. The van der Waals surface area contributed by atoms with Crippen molar-refractivity contribution in [2.75, 3.05) is 57.0 Å². The van der Waals surface area contributed by atoms with Gasteiger partial charge in [0.05, 0.1) is 31.1 Å². The van der Waals surface area contributed by atoms with Crippen LogP contribution in [-0.2, 0) is 14.1 Å². The first-order valence-corrected chi connectivity index (χ1v) is 16.9. The number of rotatable bonds is 11. The summed E-state index contributed by atoms with van der Waals surface area (Å²) in [7, 11) is -4.72. The molecular formula is C30H42N5O8P. The average molecular weight is 632 g/mol. The molecule has 0 saturated carbocycles. The van der Waals surface area contributed by atoms with E-state index in [1.54, 1.807) is 6.07 Å². The first-order valence-electron chi connectivity index (χ1n) is 15.1. The van der Waals surface area contributed by atoms with Gasteiger partial charge in [-0.2, -0.15) is 0 Å². The maximum Gasteiger partial charge on any atom is 0.409 e. The molecule has 0 aliphatic carbocycles. The number of carbonyl (C=O) groups is 3. The van der Waals surface area contributed by atoms with Crippen molar-refractivity contribution in [2.24, 2.45) is 0 Å². The fourth-order valence-corrected chi connectivity index (χ4v) is 6.19. The summed E-state index contributed by atoms with van der Waals surface area (Å²) < 4.78 is 17.3. The average Bonchev–Trinajstić information content (AvgIpc) is 3.03. The van der Waals surface area contributed by atoms with Crippen LogP contribution in [0.25, 0.3) is 11.3 Å². The van der Waals surface area contributed by atoms with Crippen molar-refractivity contribution >= 4 is 31.2 Å². The highest BCUT2D eigenvalue weighted by Crippen LogP contribution is 2.35. The van der Waals surface area contributed by atoms with Gasteiger partial charge in [-0.25, -0.2) is 9.78 Å². The maximum atomic E-state index is 13.6. The number of piperidine rings is 1. The predicted molar refractivity (Wildman–Crippen MR) is 164 cm³/mol. The summed E-state index contributed by atoms with van der Waals surface area (Å²) in [6.45, 7) is 3.57. The minimum atomic E-state index is -4.72. The minimum absolute atomic E-state index is 0.0215. The Morgan fingerprint density at radius 3 is 2.41 bits per heavy atom. The van der Waals surface area contributed by atoms with Gasteiger partial charge in [-0.15, -0.1) is 0 Å². The molecule has 2 fully saturated rings. The summed E-state index contributed by atoms with van der Waals surface area (Å²) >= 11 is 0. The summed E-state index contributed by atoms with van der Waals surface area (Å²) in [4.78, 5) is 68.4. The molecule has 2 atom stereocenters. The van der Waals surface area contributed by atoms with E-state index < -0.39 is 37.7 Å². The number of carbonyl (C=O) groups excluding carboxylic acids is 3. The third kappa shape index (κ3) is 9.01. The Labute approximate surface area is 257 Å². The van der Waals surface area contributed by atoms with Crippen LogP contribution in [0.2, 0.25) is 0 Å². The highest BCUT2D eigenvalue weighted by molar-refractivity contribution is 7.51. The predicted octanol–water partition coefficient (Wildman–Crippen LogP) is 2.46. The van der Waals surface area contributed by atoms with Crippen LogP contribution >= 0.6 is 7.60 Å². The van der Waals surface area contributed by atoms with Crippen molar-refractivity contribution in [1.29, 1.82) is 0 Å². The number of piperazine rings is 1. The quantitative estimate of drug-likeness (QED) is 0.213. The zero-order valence-corrected chi connectivity index (χ0v) is 25.9. The minimum Gasteiger partial charge on any atom is -0.449 e. The topological polar surface area (TPSA) is 173 Å². The summed E-state index contributed by atoms with van der Waals surface area (Å²) in [6.07, 6.45) is 2.97. The van der Waals surface area contributed by atoms with Gasteiger partial charge in [-0.1, -0.05) is 43.7 Å². The van der Waals surface area contributed by atoms with Crippen molar-refractivity contribution in [3.05, 3.63) is 48.2 Å². The van der Waals surface area contributed by atoms with Crippen molar-refractivity contribution in [3.63, 3.8) is 0 Å². The number of aromatic nitrogens is 1. The number of ether oxygens (including phenoxy) is 1. The van der Waals surface area contributed by atoms with Crippen LogP contribution in [-0.4, -0.2) is 112 Å². The molecule has 0 bridgehead atoms. The molecule has 2 aliphatic heterocycles. The summed E-state index contributed by atoms with van der Waals surface area (Å²) in [5.74, 6) is -1.41. The fraction of sp³-hybridized carbons (Fsp3) is 0.533. The molecule has 3 amide bonds. The SMILES string of the molecule is CCCCOC(=O)N1CCN(C(=O)[C@H](CP(=O)(O)O)NC(=O)c2cc(N3CCCCC3CO)cc(-c3ccccc3)n2)CC1. The van der Waals surface area contributed by atoms with Crippen molar-refractivity contribution < 1.29 is 38.6 Å². The lowest BCUT2D eigenvalue weighted by atomic mass is 10.0. The van der Waals surface area contributed by atoms with Crippen LogP contribution in [0.4, 0.5) is 10.5 Å². The van der Waals surface area contributed by atoms with Crippen LogP contribution in [0.5, 0.6) is 0 Å². The van der Waals surface area contributed by atoms with Crippen molar-refractivity contribution in [2.45, 2.75) is 51.1 Å². The molecule has 0 spiro atoms. The normalized spacial score (nSPS) is 18.1. The maximum absolute atomic E-state index is 13.6. The van der Waals surface area contributed by atoms with Gasteiger partial charge in [0.15, 0.2) is 0 Å². The molecule has 4 rings (SSSR count). The molecule has 13 nitrogen and oxygen atoms in total. The van der Waals surface area contributed by atoms with Gasteiger partial charge in [-0.05, 0) is 37.8 Å². The number of unbranched alkanes of at least 4 members (excludes halogenated alkanes) is 1. The molecule has 0 radical (unpaired) electrons. The fourth-order valence-electron chi connectivity index (χ4n) is 5.47. The second-order valence-corrected chi connectivity index (χ2v) is 12.8. The number of hydrogen-bond donors (Lipinski definition) is 4. The van der Waals surface area contributed by atoms with Crippen LogP contribution in [0, 0.1) is 0 Å². The van der Waals surface area contributed by atoms with E-state index in [9.17, 15) is 33.8 Å². The lowest BCUT2D eigenvalue weighted by molar-refractivity contribution is -0.134. The first-order chi connectivity index (χ1) is 21.1. The van der Waals surface area contributed by atoms with Gasteiger partial charge in [0, 0.05) is 44.0 Å². The summed E-state index contributed by atoms with van der Waals surface area (Å²) in [6, 6.07) is 11.1. The van der Waals surface area contributed by atoms with Gasteiger partial charge in [-0.3, -0.25) is 14.2 Å². The Bertz CT molecular complexity index is 1330.